The van der Waals surface area contributed by atoms with Gasteiger partial charge in [-0.05, 0) is 25.5 Å². The van der Waals surface area contributed by atoms with Crippen LogP contribution in [0.1, 0.15) is 23.5 Å². The molecule has 4 heterocycles. The van der Waals surface area contributed by atoms with Crippen LogP contribution in [-0.2, 0) is 31.4 Å². The first-order valence-corrected chi connectivity index (χ1v) is 9.23. The minimum atomic E-state index is 0.523. The third kappa shape index (κ3) is 3.78. The molecule has 0 aromatic carbocycles. The predicted octanol–water partition coefficient (Wildman–Crippen LogP) is 1.03. The summed E-state index contributed by atoms with van der Waals surface area (Å²) < 4.78 is 9.70. The fourth-order valence-corrected chi connectivity index (χ4v) is 3.98. The van der Waals surface area contributed by atoms with Crippen molar-refractivity contribution in [2.24, 2.45) is 7.05 Å². The summed E-state index contributed by atoms with van der Waals surface area (Å²) in [5, 5.41) is 9.02. The molecule has 136 valence electrons. The fraction of sp³-hybridized carbons (Fsp3) is 0.667. The molecule has 0 radical (unpaired) electrons. The highest BCUT2D eigenvalue weighted by Gasteiger charge is 2.27. The Hall–Kier alpha value is -1.70. The number of rotatable bonds is 4. The van der Waals surface area contributed by atoms with Crippen molar-refractivity contribution in [3.05, 3.63) is 35.4 Å². The summed E-state index contributed by atoms with van der Waals surface area (Å²) in [6.07, 6.45) is 3.05. The molecule has 1 atom stereocenters. The Labute approximate surface area is 149 Å². The van der Waals surface area contributed by atoms with Crippen LogP contribution in [0.3, 0.4) is 0 Å². The molecule has 0 aliphatic carbocycles. The number of nitrogens with zero attached hydrogens (tertiary/aromatic N) is 6. The Bertz CT molecular complexity index is 702. The van der Waals surface area contributed by atoms with Gasteiger partial charge >= 0.3 is 0 Å². The summed E-state index contributed by atoms with van der Waals surface area (Å²) in [6.45, 7) is 9.83. The highest BCUT2D eigenvalue weighted by Crippen LogP contribution is 2.21. The normalized spacial score (nSPS) is 22.7. The molecule has 2 aliphatic heterocycles. The highest BCUT2D eigenvalue weighted by molar-refractivity contribution is 5.10. The topological polar surface area (TPSA) is 51.4 Å². The average Bonchev–Trinajstić information content (AvgIpc) is 3.13. The predicted molar refractivity (Wildman–Crippen MR) is 95.1 cm³/mol. The maximum absolute atomic E-state index is 5.51. The molecule has 0 bridgehead atoms. The molecule has 0 spiro atoms. The van der Waals surface area contributed by atoms with E-state index < -0.39 is 0 Å². The third-order valence-corrected chi connectivity index (χ3v) is 5.40. The monoisotopic (exact) mass is 344 g/mol. The molecule has 7 nitrogen and oxygen atoms in total. The smallest absolute Gasteiger partial charge is 0.0597 e. The van der Waals surface area contributed by atoms with Gasteiger partial charge in [-0.2, -0.15) is 10.2 Å². The molecule has 0 N–H and O–H groups in total. The summed E-state index contributed by atoms with van der Waals surface area (Å²) >= 11 is 0. The van der Waals surface area contributed by atoms with E-state index in [1.54, 1.807) is 0 Å². The Kier molecular flexibility index (Phi) is 4.87. The van der Waals surface area contributed by atoms with Crippen LogP contribution in [0.25, 0.3) is 0 Å². The number of hydrogen-bond acceptors (Lipinski definition) is 5. The molecule has 0 saturated carbocycles. The summed E-state index contributed by atoms with van der Waals surface area (Å²) in [4.78, 5) is 5.15. The molecule has 7 heteroatoms. The van der Waals surface area contributed by atoms with Crippen molar-refractivity contribution in [2.75, 3.05) is 32.8 Å². The third-order valence-electron chi connectivity index (χ3n) is 5.40. The van der Waals surface area contributed by atoms with Crippen LogP contribution >= 0.6 is 0 Å². The van der Waals surface area contributed by atoms with Gasteiger partial charge in [-0.3, -0.25) is 19.2 Å². The number of hydrogen-bond donors (Lipinski definition) is 0. The number of fused-ring (bicyclic) bond motifs is 1. The van der Waals surface area contributed by atoms with E-state index in [1.165, 1.54) is 11.4 Å². The van der Waals surface area contributed by atoms with Crippen molar-refractivity contribution in [1.82, 2.24) is 29.4 Å². The molecular weight excluding hydrogens is 316 g/mol. The number of ether oxygens (including phenoxy) is 1. The number of aryl methyl sites for hydroxylation is 3. The van der Waals surface area contributed by atoms with E-state index in [0.29, 0.717) is 6.04 Å². The largest absolute Gasteiger partial charge is 0.379 e. The van der Waals surface area contributed by atoms with Gasteiger partial charge < -0.3 is 4.74 Å². The van der Waals surface area contributed by atoms with Crippen molar-refractivity contribution in [3.63, 3.8) is 0 Å². The summed E-state index contributed by atoms with van der Waals surface area (Å²) in [5.41, 5.74) is 3.67. The molecule has 1 saturated heterocycles. The van der Waals surface area contributed by atoms with E-state index in [2.05, 4.69) is 43.7 Å². The van der Waals surface area contributed by atoms with Crippen LogP contribution in [-0.4, -0.2) is 68.3 Å². The molecule has 0 amide bonds. The van der Waals surface area contributed by atoms with E-state index in [9.17, 15) is 0 Å². The molecule has 25 heavy (non-hydrogen) atoms. The number of morpholine rings is 1. The number of aromatic nitrogens is 4. The van der Waals surface area contributed by atoms with Crippen molar-refractivity contribution in [3.8, 4) is 0 Å². The first-order chi connectivity index (χ1) is 12.2. The van der Waals surface area contributed by atoms with Gasteiger partial charge in [-0.1, -0.05) is 0 Å². The van der Waals surface area contributed by atoms with Gasteiger partial charge in [0.1, 0.15) is 0 Å². The van der Waals surface area contributed by atoms with Crippen LogP contribution in [0, 0.1) is 6.92 Å². The summed E-state index contributed by atoms with van der Waals surface area (Å²) in [5.74, 6) is 0. The van der Waals surface area contributed by atoms with E-state index in [1.807, 2.05) is 17.9 Å². The van der Waals surface area contributed by atoms with Crippen molar-refractivity contribution < 1.29 is 4.74 Å². The zero-order valence-electron chi connectivity index (χ0n) is 15.3. The Morgan fingerprint density at radius 1 is 1.24 bits per heavy atom. The Balaban J connectivity index is 1.53. The second-order valence-corrected chi connectivity index (χ2v) is 7.21. The van der Waals surface area contributed by atoms with Gasteiger partial charge in [0, 0.05) is 58.6 Å². The lowest BCUT2D eigenvalue weighted by Gasteiger charge is -2.35. The molecule has 2 aliphatic rings. The van der Waals surface area contributed by atoms with Gasteiger partial charge in [0.15, 0.2) is 0 Å². The minimum Gasteiger partial charge on any atom is -0.379 e. The van der Waals surface area contributed by atoms with E-state index in [4.69, 9.17) is 4.74 Å². The van der Waals surface area contributed by atoms with Crippen LogP contribution < -0.4 is 0 Å². The zero-order valence-corrected chi connectivity index (χ0v) is 15.3. The van der Waals surface area contributed by atoms with E-state index in [0.717, 1.165) is 64.6 Å². The van der Waals surface area contributed by atoms with Crippen LogP contribution in [0.2, 0.25) is 0 Å². The minimum absolute atomic E-state index is 0.523. The van der Waals surface area contributed by atoms with Gasteiger partial charge in [0.2, 0.25) is 0 Å². The maximum Gasteiger partial charge on any atom is 0.0597 e. The second-order valence-electron chi connectivity index (χ2n) is 7.21. The van der Waals surface area contributed by atoms with Crippen LogP contribution in [0.4, 0.5) is 0 Å². The van der Waals surface area contributed by atoms with Crippen molar-refractivity contribution >= 4 is 0 Å². The van der Waals surface area contributed by atoms with Gasteiger partial charge in [0.05, 0.1) is 30.3 Å². The second kappa shape index (κ2) is 7.27. The van der Waals surface area contributed by atoms with E-state index >= 15 is 0 Å². The average molecular weight is 344 g/mol. The summed E-state index contributed by atoms with van der Waals surface area (Å²) in [7, 11) is 2.04. The van der Waals surface area contributed by atoms with Gasteiger partial charge in [-0.25, -0.2) is 0 Å². The van der Waals surface area contributed by atoms with Gasteiger partial charge in [-0.15, -0.1) is 0 Å². The molecular formula is C18H28N6O. The van der Waals surface area contributed by atoms with Crippen LogP contribution in [0.15, 0.2) is 18.3 Å². The van der Waals surface area contributed by atoms with Gasteiger partial charge in [0.25, 0.3) is 0 Å². The maximum atomic E-state index is 5.51. The summed E-state index contributed by atoms with van der Waals surface area (Å²) in [6, 6.07) is 4.88. The molecule has 0 unspecified atom stereocenters. The highest BCUT2D eigenvalue weighted by atomic mass is 16.5. The Morgan fingerprint density at radius 3 is 2.84 bits per heavy atom. The SMILES string of the molecule is Cc1cc(CN2Cc3ccnn3CC[C@@H]2CN2CCOCC2)n(C)n1. The molecule has 2 aromatic rings. The van der Waals surface area contributed by atoms with Crippen molar-refractivity contribution in [1.29, 1.82) is 0 Å². The molecule has 1 fully saturated rings. The van der Waals surface area contributed by atoms with Crippen LogP contribution in [0.5, 0.6) is 0 Å². The Morgan fingerprint density at radius 2 is 2.08 bits per heavy atom. The standard InChI is InChI=1S/C18H28N6O/c1-15-11-18(21(2)20-15)14-23-13-17-3-5-19-24(17)6-4-16(23)12-22-7-9-25-10-8-22/h3,5,11,16H,4,6-10,12-14H2,1-2H3/t16-/m1/s1. The first-order valence-electron chi connectivity index (χ1n) is 9.23. The molecule has 2 aromatic heterocycles. The zero-order chi connectivity index (χ0) is 17.2. The van der Waals surface area contributed by atoms with Crippen molar-refractivity contribution in [2.45, 2.75) is 39.0 Å². The quantitative estimate of drug-likeness (QED) is 0.829. The fourth-order valence-electron chi connectivity index (χ4n) is 3.98. The lowest BCUT2D eigenvalue weighted by atomic mass is 10.1. The lowest BCUT2D eigenvalue weighted by Crippen LogP contribution is -2.46. The first kappa shape index (κ1) is 16.8. The van der Waals surface area contributed by atoms with E-state index in [-0.39, 0.29) is 0 Å². The molecule has 4 rings (SSSR count). The lowest BCUT2D eigenvalue weighted by molar-refractivity contribution is 0.0194.